The molecule has 0 saturated carbocycles. The number of hydrogen-bond acceptors (Lipinski definition) is 10. The molecular formula is C60H64O10. The van der Waals surface area contributed by atoms with E-state index in [4.69, 9.17) is 28.4 Å². The van der Waals surface area contributed by atoms with Gasteiger partial charge in [0.05, 0.1) is 35.5 Å². The van der Waals surface area contributed by atoms with Crippen LogP contribution in [0.4, 0.5) is 0 Å². The predicted octanol–water partition coefficient (Wildman–Crippen LogP) is 15.1. The second-order valence-electron chi connectivity index (χ2n) is 17.1. The SMILES string of the molecule is C=CCCCCCCCCCOc1ccc(C(=O)Oc2ccc(C(=O)Oc3ccc4ccc(OC(=O)c5ccc(OC(=O)c6ccc(OCCCCCCCCCC=C)cc6)cc5)cc4c3)cc2)cc1. The Hall–Kier alpha value is -7.46. The van der Waals surface area contributed by atoms with E-state index >= 15 is 0 Å². The second kappa shape index (κ2) is 28.8. The Kier molecular flexibility index (Phi) is 21.3. The third kappa shape index (κ3) is 17.6. The smallest absolute Gasteiger partial charge is 0.343 e. The second-order valence-corrected chi connectivity index (χ2v) is 17.1. The molecule has 10 heteroatoms. The summed E-state index contributed by atoms with van der Waals surface area (Å²) in [5.41, 5.74) is 1.26. The van der Waals surface area contributed by atoms with Crippen LogP contribution in [0.2, 0.25) is 0 Å². The minimum Gasteiger partial charge on any atom is -0.494 e. The topological polar surface area (TPSA) is 124 Å². The maximum atomic E-state index is 13.1. The van der Waals surface area contributed by atoms with Crippen LogP contribution in [0.1, 0.15) is 144 Å². The molecule has 0 spiro atoms. The first-order valence-corrected chi connectivity index (χ1v) is 24.6. The summed E-state index contributed by atoms with van der Waals surface area (Å²) in [5, 5.41) is 1.51. The molecule has 0 atom stereocenters. The van der Waals surface area contributed by atoms with Crippen molar-refractivity contribution in [2.75, 3.05) is 13.2 Å². The highest BCUT2D eigenvalue weighted by molar-refractivity contribution is 5.95. The van der Waals surface area contributed by atoms with Crippen molar-refractivity contribution in [3.63, 3.8) is 0 Å². The number of ether oxygens (including phenoxy) is 6. The summed E-state index contributed by atoms with van der Waals surface area (Å²) in [4.78, 5) is 51.9. The Morgan fingerprint density at radius 3 is 0.914 bits per heavy atom. The van der Waals surface area contributed by atoms with Gasteiger partial charge in [0.25, 0.3) is 0 Å². The molecule has 0 aromatic heterocycles. The third-order valence-electron chi connectivity index (χ3n) is 11.6. The van der Waals surface area contributed by atoms with Crippen molar-refractivity contribution in [3.05, 3.63) is 181 Å². The summed E-state index contributed by atoms with van der Waals surface area (Å²) >= 11 is 0. The predicted molar refractivity (Wildman–Crippen MR) is 275 cm³/mol. The van der Waals surface area contributed by atoms with Crippen molar-refractivity contribution in [3.8, 4) is 34.5 Å². The highest BCUT2D eigenvalue weighted by Gasteiger charge is 2.15. The number of unbranched alkanes of at least 4 members (excludes halogenated alkanes) is 14. The van der Waals surface area contributed by atoms with Crippen molar-refractivity contribution >= 4 is 34.6 Å². The summed E-state index contributed by atoms with van der Waals surface area (Å²) in [6.45, 7) is 8.79. The summed E-state index contributed by atoms with van der Waals surface area (Å²) in [7, 11) is 0. The zero-order chi connectivity index (χ0) is 49.2. The Bertz CT molecular complexity index is 2420. The van der Waals surface area contributed by atoms with E-state index < -0.39 is 23.9 Å². The molecule has 0 aliphatic heterocycles. The number of rotatable bonds is 30. The summed E-state index contributed by atoms with van der Waals surface area (Å²) in [6.07, 6.45) is 22.7. The molecule has 0 saturated heterocycles. The summed E-state index contributed by atoms with van der Waals surface area (Å²) in [5.74, 6) is 0.226. The average Bonchev–Trinajstić information content (AvgIpc) is 3.38. The number of hydrogen-bond donors (Lipinski definition) is 0. The zero-order valence-electron chi connectivity index (χ0n) is 40.1. The lowest BCUT2D eigenvalue weighted by molar-refractivity contribution is 0.0720. The van der Waals surface area contributed by atoms with Gasteiger partial charge in [-0.05, 0) is 171 Å². The lowest BCUT2D eigenvalue weighted by Gasteiger charge is -2.10. The van der Waals surface area contributed by atoms with Gasteiger partial charge < -0.3 is 28.4 Å². The minimum atomic E-state index is -0.607. The molecule has 0 fully saturated rings. The highest BCUT2D eigenvalue weighted by atomic mass is 16.5. The Labute approximate surface area is 412 Å². The maximum Gasteiger partial charge on any atom is 0.343 e. The Morgan fingerprint density at radius 2 is 0.586 bits per heavy atom. The first-order valence-electron chi connectivity index (χ1n) is 24.6. The molecule has 6 rings (SSSR count). The van der Waals surface area contributed by atoms with Crippen LogP contribution >= 0.6 is 0 Å². The molecule has 6 aromatic carbocycles. The zero-order valence-corrected chi connectivity index (χ0v) is 40.1. The third-order valence-corrected chi connectivity index (χ3v) is 11.6. The number of carbonyl (C=O) groups excluding carboxylic acids is 4. The van der Waals surface area contributed by atoms with Gasteiger partial charge in [0.1, 0.15) is 34.5 Å². The fourth-order valence-corrected chi connectivity index (χ4v) is 7.62. The molecule has 0 aliphatic rings. The molecule has 0 aliphatic carbocycles. The van der Waals surface area contributed by atoms with Crippen molar-refractivity contribution in [2.24, 2.45) is 0 Å². The fourth-order valence-electron chi connectivity index (χ4n) is 7.62. The number of esters is 4. The van der Waals surface area contributed by atoms with Crippen LogP contribution in [0.15, 0.2) is 159 Å². The van der Waals surface area contributed by atoms with E-state index in [1.807, 2.05) is 12.2 Å². The van der Waals surface area contributed by atoms with E-state index in [1.165, 1.54) is 113 Å². The van der Waals surface area contributed by atoms with Crippen LogP contribution < -0.4 is 28.4 Å². The first-order chi connectivity index (χ1) is 34.3. The number of benzene rings is 6. The molecule has 0 radical (unpaired) electrons. The number of carbonyl (C=O) groups is 4. The van der Waals surface area contributed by atoms with Crippen LogP contribution in [-0.4, -0.2) is 37.1 Å². The normalized spacial score (nSPS) is 10.8. The van der Waals surface area contributed by atoms with Crippen LogP contribution in [0.3, 0.4) is 0 Å². The first kappa shape index (κ1) is 51.9. The molecule has 0 unspecified atom stereocenters. The van der Waals surface area contributed by atoms with Gasteiger partial charge in [0.2, 0.25) is 0 Å². The summed E-state index contributed by atoms with van der Waals surface area (Å²) in [6, 6.07) is 36.2. The van der Waals surface area contributed by atoms with E-state index in [0.717, 1.165) is 43.9 Å². The monoisotopic (exact) mass is 944 g/mol. The Balaban J connectivity index is 0.904. The Morgan fingerprint density at radius 1 is 0.314 bits per heavy atom. The molecule has 0 bridgehead atoms. The van der Waals surface area contributed by atoms with Gasteiger partial charge in [-0.3, -0.25) is 0 Å². The quantitative estimate of drug-likeness (QED) is 0.0187. The lowest BCUT2D eigenvalue weighted by atomic mass is 10.1. The molecule has 70 heavy (non-hydrogen) atoms. The van der Waals surface area contributed by atoms with Gasteiger partial charge in [-0.25, -0.2) is 19.2 Å². The van der Waals surface area contributed by atoms with Crippen LogP contribution in [0.25, 0.3) is 10.8 Å². The largest absolute Gasteiger partial charge is 0.494 e. The molecule has 0 heterocycles. The van der Waals surface area contributed by atoms with Gasteiger partial charge in [0, 0.05) is 0 Å². The van der Waals surface area contributed by atoms with E-state index in [-0.39, 0.29) is 34.1 Å². The van der Waals surface area contributed by atoms with Crippen LogP contribution in [0.5, 0.6) is 34.5 Å². The van der Waals surface area contributed by atoms with Crippen LogP contribution in [0, 0.1) is 0 Å². The molecule has 364 valence electrons. The van der Waals surface area contributed by atoms with E-state index in [1.54, 1.807) is 84.9 Å². The van der Waals surface area contributed by atoms with Crippen LogP contribution in [-0.2, 0) is 0 Å². The van der Waals surface area contributed by atoms with Gasteiger partial charge in [-0.2, -0.15) is 0 Å². The number of fused-ring (bicyclic) bond motifs is 1. The van der Waals surface area contributed by atoms with Crippen molar-refractivity contribution < 1.29 is 47.6 Å². The van der Waals surface area contributed by atoms with Gasteiger partial charge in [-0.1, -0.05) is 88.5 Å². The van der Waals surface area contributed by atoms with Gasteiger partial charge in [0.15, 0.2) is 0 Å². The molecule has 0 N–H and O–H groups in total. The fraction of sp³-hybridized carbons (Fsp3) is 0.300. The van der Waals surface area contributed by atoms with E-state index in [2.05, 4.69) is 13.2 Å². The van der Waals surface area contributed by atoms with Crippen molar-refractivity contribution in [2.45, 2.75) is 103 Å². The lowest BCUT2D eigenvalue weighted by Crippen LogP contribution is -2.10. The maximum absolute atomic E-state index is 13.1. The van der Waals surface area contributed by atoms with Crippen molar-refractivity contribution in [1.82, 2.24) is 0 Å². The molecule has 0 amide bonds. The molecular weight excluding hydrogens is 881 g/mol. The van der Waals surface area contributed by atoms with E-state index in [0.29, 0.717) is 41.2 Å². The van der Waals surface area contributed by atoms with Crippen molar-refractivity contribution in [1.29, 1.82) is 0 Å². The average molecular weight is 945 g/mol. The summed E-state index contributed by atoms with van der Waals surface area (Å²) < 4.78 is 34.1. The standard InChI is InChI=1S/C60H64O10/c1-3-5-7-9-11-13-15-17-19-41-65-51-31-23-46(24-32-51)57(61)67-53-35-27-48(28-36-53)59(63)69-55-39-21-45-22-40-56(44-50(45)43-55)70-60(64)49-29-37-54(38-30-49)68-58(62)47-25-33-52(34-26-47)66-42-20-18-16-14-12-10-8-6-4-2/h3-4,21-40,43-44H,1-2,5-20,41-42H2. The highest BCUT2D eigenvalue weighted by Crippen LogP contribution is 2.27. The van der Waals surface area contributed by atoms with E-state index in [9.17, 15) is 19.2 Å². The van der Waals surface area contributed by atoms with Gasteiger partial charge in [-0.15, -0.1) is 13.2 Å². The van der Waals surface area contributed by atoms with Gasteiger partial charge >= 0.3 is 23.9 Å². The minimum absolute atomic E-state index is 0.255. The molecule has 6 aromatic rings. The number of allylic oxidation sites excluding steroid dienone is 2. The molecule has 10 nitrogen and oxygen atoms in total.